The third kappa shape index (κ3) is 3.20. The van der Waals surface area contributed by atoms with Crippen molar-refractivity contribution in [3.05, 3.63) is 24.3 Å². The minimum Gasteiger partial charge on any atom is -0.324 e. The zero-order valence-corrected chi connectivity index (χ0v) is 11.6. The number of carbonyl (C=O) groups excluding carboxylic acids is 2. The molecule has 2 amide bonds. The first-order valence-corrected chi connectivity index (χ1v) is 7.87. The highest BCUT2D eigenvalue weighted by Gasteiger charge is 2.22. The van der Waals surface area contributed by atoms with Crippen LogP contribution < -0.4 is 5.32 Å². The van der Waals surface area contributed by atoms with Crippen LogP contribution >= 0.6 is 23.5 Å². The molecule has 0 unspecified atom stereocenters. The Labute approximate surface area is 114 Å². The molecule has 2 rings (SSSR count). The van der Waals surface area contributed by atoms with E-state index in [0.29, 0.717) is 11.6 Å². The second-order valence-corrected chi connectivity index (χ2v) is 5.62. The molecule has 1 aliphatic heterocycles. The largest absolute Gasteiger partial charge is 0.324 e. The van der Waals surface area contributed by atoms with E-state index in [9.17, 15) is 9.59 Å². The van der Waals surface area contributed by atoms with Crippen LogP contribution in [-0.2, 0) is 9.59 Å². The van der Waals surface area contributed by atoms with Crippen LogP contribution in [0.25, 0.3) is 0 Å². The van der Waals surface area contributed by atoms with E-state index >= 15 is 0 Å². The first kappa shape index (κ1) is 13.3. The summed E-state index contributed by atoms with van der Waals surface area (Å²) in [7, 11) is 0. The number of thioether (sulfide) groups is 2. The summed E-state index contributed by atoms with van der Waals surface area (Å²) in [6.45, 7) is 0.133. The van der Waals surface area contributed by atoms with Crippen molar-refractivity contribution in [1.82, 2.24) is 4.90 Å². The fourth-order valence-electron chi connectivity index (χ4n) is 1.65. The van der Waals surface area contributed by atoms with Gasteiger partial charge >= 0.3 is 0 Å². The second-order valence-electron chi connectivity index (χ2n) is 3.82. The third-order valence-corrected chi connectivity index (χ3v) is 4.28. The molecule has 0 aromatic heterocycles. The molecule has 18 heavy (non-hydrogen) atoms. The Morgan fingerprint density at radius 1 is 1.50 bits per heavy atom. The quantitative estimate of drug-likeness (QED) is 0.857. The maximum absolute atomic E-state index is 11.9. The van der Waals surface area contributed by atoms with Crippen molar-refractivity contribution in [3.8, 4) is 0 Å². The lowest BCUT2D eigenvalue weighted by atomic mass is 10.3. The van der Waals surface area contributed by atoms with E-state index in [4.69, 9.17) is 0 Å². The molecule has 0 radical (unpaired) electrons. The van der Waals surface area contributed by atoms with Gasteiger partial charge in [0.1, 0.15) is 6.54 Å². The van der Waals surface area contributed by atoms with Gasteiger partial charge in [0.2, 0.25) is 11.8 Å². The van der Waals surface area contributed by atoms with E-state index < -0.39 is 0 Å². The molecule has 1 fully saturated rings. The lowest BCUT2D eigenvalue weighted by Gasteiger charge is -2.15. The number of para-hydroxylation sites is 1. The highest BCUT2D eigenvalue weighted by Crippen LogP contribution is 2.24. The molecule has 1 aliphatic rings. The van der Waals surface area contributed by atoms with Gasteiger partial charge in [-0.3, -0.25) is 9.59 Å². The fraction of sp³-hybridized carbons (Fsp3) is 0.333. The van der Waals surface area contributed by atoms with Crippen molar-refractivity contribution in [1.29, 1.82) is 0 Å². The van der Waals surface area contributed by atoms with Crippen LogP contribution in [0.2, 0.25) is 0 Å². The molecule has 0 atom stereocenters. The lowest BCUT2D eigenvalue weighted by Crippen LogP contribution is -2.34. The molecular formula is C12H14N2O2S2. The molecule has 1 aromatic carbocycles. The van der Waals surface area contributed by atoms with Gasteiger partial charge in [-0.15, -0.1) is 23.5 Å². The summed E-state index contributed by atoms with van der Waals surface area (Å²) < 4.78 is 0. The predicted molar refractivity (Wildman–Crippen MR) is 75.9 cm³/mol. The van der Waals surface area contributed by atoms with Crippen LogP contribution in [0.15, 0.2) is 29.2 Å². The molecule has 6 heteroatoms. The molecular weight excluding hydrogens is 268 g/mol. The van der Waals surface area contributed by atoms with E-state index in [1.54, 1.807) is 16.7 Å². The van der Waals surface area contributed by atoms with Crippen LogP contribution in [0.4, 0.5) is 5.69 Å². The third-order valence-electron chi connectivity index (χ3n) is 2.54. The van der Waals surface area contributed by atoms with Gasteiger partial charge in [0, 0.05) is 4.90 Å². The Kier molecular flexibility index (Phi) is 4.54. The van der Waals surface area contributed by atoms with Gasteiger partial charge < -0.3 is 10.2 Å². The van der Waals surface area contributed by atoms with Gasteiger partial charge in [-0.1, -0.05) is 12.1 Å². The first-order valence-electron chi connectivity index (χ1n) is 5.49. The minimum absolute atomic E-state index is 0.0355. The number of hydrogen-bond donors (Lipinski definition) is 1. The fourth-order valence-corrected chi connectivity index (χ4v) is 3.11. The van der Waals surface area contributed by atoms with E-state index in [1.165, 1.54) is 11.8 Å². The molecule has 0 spiro atoms. The molecule has 4 nitrogen and oxygen atoms in total. The Morgan fingerprint density at radius 3 is 2.94 bits per heavy atom. The number of anilines is 1. The molecule has 1 N–H and O–H groups in total. The van der Waals surface area contributed by atoms with Crippen molar-refractivity contribution in [2.75, 3.05) is 29.7 Å². The molecule has 0 bridgehead atoms. The van der Waals surface area contributed by atoms with Gasteiger partial charge in [-0.05, 0) is 18.4 Å². The molecule has 0 aliphatic carbocycles. The summed E-state index contributed by atoms with van der Waals surface area (Å²) in [6, 6.07) is 7.63. The molecule has 1 saturated heterocycles. The SMILES string of the molecule is CSc1ccccc1NC(=O)CN1CSCC1=O. The lowest BCUT2D eigenvalue weighted by molar-refractivity contribution is -0.130. The summed E-state index contributed by atoms with van der Waals surface area (Å²) in [5, 5.41) is 2.85. The van der Waals surface area contributed by atoms with E-state index in [1.807, 2.05) is 30.5 Å². The summed E-state index contributed by atoms with van der Waals surface area (Å²) in [4.78, 5) is 25.9. The van der Waals surface area contributed by atoms with Crippen LogP contribution in [-0.4, -0.2) is 41.1 Å². The van der Waals surface area contributed by atoms with Crippen molar-refractivity contribution in [3.63, 3.8) is 0 Å². The summed E-state index contributed by atoms with van der Waals surface area (Å²) in [5.74, 6) is 0.978. The van der Waals surface area contributed by atoms with Crippen molar-refractivity contribution >= 4 is 41.0 Å². The highest BCUT2D eigenvalue weighted by atomic mass is 32.2. The standard InChI is InChI=1S/C12H14N2O2S2/c1-17-10-5-3-2-4-9(10)13-11(15)6-14-8-18-7-12(14)16/h2-5H,6-8H2,1H3,(H,13,15). The van der Waals surface area contributed by atoms with E-state index in [-0.39, 0.29) is 18.4 Å². The highest BCUT2D eigenvalue weighted by molar-refractivity contribution is 8.00. The Morgan fingerprint density at radius 2 is 2.28 bits per heavy atom. The van der Waals surface area contributed by atoms with E-state index in [2.05, 4.69) is 5.32 Å². The summed E-state index contributed by atoms with van der Waals surface area (Å²) in [6.07, 6.45) is 1.96. The summed E-state index contributed by atoms with van der Waals surface area (Å²) in [5.41, 5.74) is 0.800. The molecule has 1 aromatic rings. The van der Waals surface area contributed by atoms with Crippen molar-refractivity contribution < 1.29 is 9.59 Å². The number of nitrogens with one attached hydrogen (secondary N) is 1. The smallest absolute Gasteiger partial charge is 0.244 e. The van der Waals surface area contributed by atoms with Crippen LogP contribution in [0, 0.1) is 0 Å². The van der Waals surface area contributed by atoms with Crippen molar-refractivity contribution in [2.45, 2.75) is 4.90 Å². The minimum atomic E-state index is -0.146. The van der Waals surface area contributed by atoms with Gasteiger partial charge in [-0.2, -0.15) is 0 Å². The number of rotatable bonds is 4. The van der Waals surface area contributed by atoms with Gasteiger partial charge in [0.25, 0.3) is 0 Å². The maximum Gasteiger partial charge on any atom is 0.244 e. The Bertz CT molecular complexity index is 465. The number of amides is 2. The first-order chi connectivity index (χ1) is 8.70. The zero-order chi connectivity index (χ0) is 13.0. The number of nitrogens with zero attached hydrogens (tertiary/aromatic N) is 1. The molecule has 0 saturated carbocycles. The molecule has 1 heterocycles. The Balaban J connectivity index is 1.96. The van der Waals surface area contributed by atoms with Gasteiger partial charge in [0.15, 0.2) is 0 Å². The maximum atomic E-state index is 11.9. The number of hydrogen-bond acceptors (Lipinski definition) is 4. The number of carbonyl (C=O) groups is 2. The second kappa shape index (κ2) is 6.15. The Hall–Kier alpha value is -1.14. The average Bonchev–Trinajstić information content (AvgIpc) is 2.75. The normalized spacial score (nSPS) is 14.9. The van der Waals surface area contributed by atoms with Crippen LogP contribution in [0.1, 0.15) is 0 Å². The van der Waals surface area contributed by atoms with Crippen LogP contribution in [0.3, 0.4) is 0 Å². The average molecular weight is 282 g/mol. The predicted octanol–water partition coefficient (Wildman–Crippen LogP) is 1.88. The molecule has 96 valence electrons. The summed E-state index contributed by atoms with van der Waals surface area (Å²) >= 11 is 3.12. The van der Waals surface area contributed by atoms with E-state index in [0.717, 1.165) is 10.6 Å². The van der Waals surface area contributed by atoms with Gasteiger partial charge in [-0.25, -0.2) is 0 Å². The zero-order valence-electron chi connectivity index (χ0n) is 10.0. The van der Waals surface area contributed by atoms with Gasteiger partial charge in [0.05, 0.1) is 17.3 Å². The number of benzene rings is 1. The van der Waals surface area contributed by atoms with Crippen LogP contribution in [0.5, 0.6) is 0 Å². The monoisotopic (exact) mass is 282 g/mol. The topological polar surface area (TPSA) is 49.4 Å². The van der Waals surface area contributed by atoms with Crippen molar-refractivity contribution in [2.24, 2.45) is 0 Å².